The Hall–Kier alpha value is -1.43. The zero-order valence-corrected chi connectivity index (χ0v) is 14.6. The Labute approximate surface area is 137 Å². The molecule has 1 N–H and O–H groups in total. The smallest absolute Gasteiger partial charge is 0.178 e. The van der Waals surface area contributed by atoms with Gasteiger partial charge in [0.05, 0.1) is 27.0 Å². The summed E-state index contributed by atoms with van der Waals surface area (Å²) in [6.45, 7) is 1.44. The molecule has 0 amide bonds. The summed E-state index contributed by atoms with van der Waals surface area (Å²) < 4.78 is 47.7. The third-order valence-corrected chi connectivity index (χ3v) is 7.12. The van der Waals surface area contributed by atoms with Crippen molar-refractivity contribution < 1.29 is 16.8 Å². The maximum absolute atomic E-state index is 12.4. The molecule has 1 heterocycles. The van der Waals surface area contributed by atoms with Gasteiger partial charge in [-0.15, -0.1) is 0 Å². The van der Waals surface area contributed by atoms with Crippen LogP contribution in [0, 0.1) is 16.7 Å². The van der Waals surface area contributed by atoms with Crippen LogP contribution in [0.2, 0.25) is 0 Å². The highest BCUT2D eigenvalue weighted by atomic mass is 32.2. The van der Waals surface area contributed by atoms with Gasteiger partial charge in [-0.3, -0.25) is 0 Å². The Morgan fingerprint density at radius 2 is 1.61 bits per heavy atom. The number of sulfone groups is 2. The number of hydrogen-bond acceptors (Lipinski definition) is 6. The van der Waals surface area contributed by atoms with E-state index < -0.39 is 25.1 Å². The van der Waals surface area contributed by atoms with Gasteiger partial charge in [0.25, 0.3) is 0 Å². The summed E-state index contributed by atoms with van der Waals surface area (Å²) in [5.41, 5.74) is -0.592. The molecule has 0 aliphatic carbocycles. The first-order chi connectivity index (χ1) is 10.7. The van der Waals surface area contributed by atoms with Gasteiger partial charge in [0.1, 0.15) is 0 Å². The molecule has 1 fully saturated rings. The highest BCUT2D eigenvalue weighted by Gasteiger charge is 2.33. The van der Waals surface area contributed by atoms with E-state index in [0.29, 0.717) is 19.3 Å². The number of benzene rings is 1. The van der Waals surface area contributed by atoms with Crippen molar-refractivity contribution in [2.45, 2.75) is 29.1 Å². The molecule has 2 rings (SSSR count). The van der Waals surface area contributed by atoms with Crippen LogP contribution >= 0.6 is 0 Å². The topological polar surface area (TPSA) is 104 Å². The maximum Gasteiger partial charge on any atom is 0.178 e. The van der Waals surface area contributed by atoms with E-state index in [9.17, 15) is 22.1 Å². The predicted octanol–water partition coefficient (Wildman–Crippen LogP) is 1.15. The van der Waals surface area contributed by atoms with E-state index in [1.54, 1.807) is 0 Å². The summed E-state index contributed by atoms with van der Waals surface area (Å²) >= 11 is 0. The molecule has 8 heteroatoms. The van der Waals surface area contributed by atoms with E-state index in [1.165, 1.54) is 24.3 Å². The third kappa shape index (κ3) is 4.31. The second-order valence-electron chi connectivity index (χ2n) is 5.95. The van der Waals surface area contributed by atoms with Crippen LogP contribution < -0.4 is 5.32 Å². The van der Waals surface area contributed by atoms with Gasteiger partial charge in [-0.2, -0.15) is 5.26 Å². The van der Waals surface area contributed by atoms with E-state index in [4.69, 9.17) is 0 Å². The Morgan fingerprint density at radius 1 is 1.09 bits per heavy atom. The highest BCUT2D eigenvalue weighted by molar-refractivity contribution is 7.91. The fourth-order valence-corrected chi connectivity index (χ4v) is 4.74. The summed E-state index contributed by atoms with van der Waals surface area (Å²) in [5.74, 6) is -0.112. The van der Waals surface area contributed by atoms with Crippen LogP contribution in [0.1, 0.15) is 19.3 Å². The van der Waals surface area contributed by atoms with Crippen molar-refractivity contribution in [3.63, 3.8) is 0 Å². The standard InChI is InChI=1S/C15H20N2O4S2/c1-22(18,19)13-2-4-14(5-3-13)23(20,21)11-8-15(12-16)6-9-17-10-7-15/h2-5,17H,6-11H2,1H3. The molecule has 0 bridgehead atoms. The minimum atomic E-state index is -3.54. The van der Waals surface area contributed by atoms with Crippen molar-refractivity contribution >= 4 is 19.7 Å². The first-order valence-electron chi connectivity index (χ1n) is 7.33. The number of nitriles is 1. The first kappa shape index (κ1) is 17.9. The molecule has 23 heavy (non-hydrogen) atoms. The Balaban J connectivity index is 2.14. The minimum absolute atomic E-state index is 0.0864. The molecule has 0 spiro atoms. The lowest BCUT2D eigenvalue weighted by Crippen LogP contribution is -2.37. The van der Waals surface area contributed by atoms with Crippen molar-refractivity contribution in [2.75, 3.05) is 25.1 Å². The van der Waals surface area contributed by atoms with E-state index in [2.05, 4.69) is 11.4 Å². The van der Waals surface area contributed by atoms with Gasteiger partial charge in [-0.1, -0.05) is 0 Å². The van der Waals surface area contributed by atoms with Gasteiger partial charge in [-0.25, -0.2) is 16.8 Å². The lowest BCUT2D eigenvalue weighted by atomic mass is 9.78. The van der Waals surface area contributed by atoms with Crippen molar-refractivity contribution in [1.82, 2.24) is 5.32 Å². The molecule has 0 unspecified atom stereocenters. The van der Waals surface area contributed by atoms with Gasteiger partial charge in [0.2, 0.25) is 0 Å². The zero-order valence-electron chi connectivity index (χ0n) is 12.9. The Morgan fingerprint density at radius 3 is 2.09 bits per heavy atom. The van der Waals surface area contributed by atoms with E-state index in [-0.39, 0.29) is 15.5 Å². The molecular formula is C15H20N2O4S2. The average Bonchev–Trinajstić information content (AvgIpc) is 2.53. The molecule has 0 atom stereocenters. The summed E-state index contributed by atoms with van der Waals surface area (Å²) in [6, 6.07) is 7.51. The van der Waals surface area contributed by atoms with Gasteiger partial charge in [0.15, 0.2) is 19.7 Å². The van der Waals surface area contributed by atoms with Crippen LogP contribution in [-0.4, -0.2) is 41.9 Å². The second-order valence-corrected chi connectivity index (χ2v) is 10.1. The van der Waals surface area contributed by atoms with Crippen LogP contribution in [0.3, 0.4) is 0 Å². The molecule has 1 aliphatic rings. The molecule has 1 aromatic rings. The fourth-order valence-electron chi connectivity index (χ4n) is 2.66. The zero-order chi connectivity index (χ0) is 17.1. The molecule has 0 saturated carbocycles. The molecule has 1 aliphatic heterocycles. The molecular weight excluding hydrogens is 336 g/mol. The van der Waals surface area contributed by atoms with Crippen LogP contribution in [0.5, 0.6) is 0 Å². The van der Waals surface area contributed by atoms with E-state index in [1.807, 2.05) is 0 Å². The molecule has 126 valence electrons. The maximum atomic E-state index is 12.4. The van der Waals surface area contributed by atoms with Crippen LogP contribution in [-0.2, 0) is 19.7 Å². The van der Waals surface area contributed by atoms with E-state index in [0.717, 1.165) is 19.3 Å². The van der Waals surface area contributed by atoms with Crippen molar-refractivity contribution in [2.24, 2.45) is 5.41 Å². The molecule has 0 aromatic heterocycles. The van der Waals surface area contributed by atoms with Crippen molar-refractivity contribution in [3.05, 3.63) is 24.3 Å². The van der Waals surface area contributed by atoms with Crippen LogP contribution in [0.4, 0.5) is 0 Å². The SMILES string of the molecule is CS(=O)(=O)c1ccc(S(=O)(=O)CCC2(C#N)CCNCC2)cc1. The predicted molar refractivity (Wildman–Crippen MR) is 86.4 cm³/mol. The fraction of sp³-hybridized carbons (Fsp3) is 0.533. The van der Waals surface area contributed by atoms with Gasteiger partial charge in [0, 0.05) is 6.26 Å². The van der Waals surface area contributed by atoms with Crippen molar-refractivity contribution in [1.29, 1.82) is 5.26 Å². The number of hydrogen-bond donors (Lipinski definition) is 1. The van der Waals surface area contributed by atoms with Crippen molar-refractivity contribution in [3.8, 4) is 6.07 Å². The molecule has 1 saturated heterocycles. The average molecular weight is 356 g/mol. The number of nitrogens with one attached hydrogen (secondary N) is 1. The normalized spacial score (nSPS) is 18.3. The highest BCUT2D eigenvalue weighted by Crippen LogP contribution is 2.33. The van der Waals surface area contributed by atoms with Gasteiger partial charge < -0.3 is 5.32 Å². The summed E-state index contributed by atoms with van der Waals surface area (Å²) in [6.07, 6.45) is 2.66. The summed E-state index contributed by atoms with van der Waals surface area (Å²) in [5, 5.41) is 12.6. The molecule has 0 radical (unpaired) electrons. The number of piperidine rings is 1. The Kier molecular flexibility index (Phi) is 5.14. The lowest BCUT2D eigenvalue weighted by Gasteiger charge is -2.31. The number of nitrogens with zero attached hydrogens (tertiary/aromatic N) is 1. The summed E-state index contributed by atoms with van der Waals surface area (Å²) in [4.78, 5) is 0.176. The molecule has 1 aromatic carbocycles. The van der Waals surface area contributed by atoms with Gasteiger partial charge in [-0.05, 0) is 56.6 Å². The van der Waals surface area contributed by atoms with Gasteiger partial charge >= 0.3 is 0 Å². The van der Waals surface area contributed by atoms with E-state index >= 15 is 0 Å². The molecule has 6 nitrogen and oxygen atoms in total. The minimum Gasteiger partial charge on any atom is -0.317 e. The number of rotatable bonds is 5. The van der Waals surface area contributed by atoms with Crippen LogP contribution in [0.25, 0.3) is 0 Å². The van der Waals surface area contributed by atoms with Crippen LogP contribution in [0.15, 0.2) is 34.1 Å². The third-order valence-electron chi connectivity index (χ3n) is 4.26. The monoisotopic (exact) mass is 356 g/mol. The largest absolute Gasteiger partial charge is 0.317 e. The summed E-state index contributed by atoms with van der Waals surface area (Å²) in [7, 11) is -6.89. The second kappa shape index (κ2) is 6.59. The quantitative estimate of drug-likeness (QED) is 0.848. The Bertz CT molecular complexity index is 800. The lowest BCUT2D eigenvalue weighted by molar-refractivity contribution is 0.273. The first-order valence-corrected chi connectivity index (χ1v) is 10.9.